The molecule has 3 aromatic rings. The van der Waals surface area contributed by atoms with Gasteiger partial charge in [0.1, 0.15) is 17.6 Å². The van der Waals surface area contributed by atoms with Gasteiger partial charge in [-0.1, -0.05) is 11.3 Å². The Morgan fingerprint density at radius 3 is 2.83 bits per heavy atom. The van der Waals surface area contributed by atoms with Crippen LogP contribution in [0, 0.1) is 22.7 Å². The molecule has 5 rings (SSSR count). The first-order chi connectivity index (χ1) is 14.8. The predicted octanol–water partition coefficient (Wildman–Crippen LogP) is 2.43. The van der Waals surface area contributed by atoms with Crippen molar-refractivity contribution in [2.24, 2.45) is 0 Å². The maximum Gasteiger partial charge on any atom is 0.146 e. The highest BCUT2D eigenvalue weighted by Crippen LogP contribution is 2.38. The Balaban J connectivity index is 1.33. The molecule has 2 fully saturated rings. The minimum Gasteiger partial charge on any atom is -0.353 e. The van der Waals surface area contributed by atoms with Crippen LogP contribution < -0.4 is 4.90 Å². The van der Waals surface area contributed by atoms with Crippen molar-refractivity contribution in [3.8, 4) is 17.8 Å². The van der Waals surface area contributed by atoms with Gasteiger partial charge in [-0.2, -0.15) is 10.5 Å². The average Bonchev–Trinajstić information content (AvgIpc) is 3.45. The maximum atomic E-state index is 9.39. The first-order valence-electron chi connectivity index (χ1n) is 10.1. The summed E-state index contributed by atoms with van der Waals surface area (Å²) < 4.78 is 1.74. The summed E-state index contributed by atoms with van der Waals surface area (Å²) in [7, 11) is 0. The van der Waals surface area contributed by atoms with E-state index in [0.717, 1.165) is 49.7 Å². The van der Waals surface area contributed by atoms with Crippen molar-refractivity contribution < 1.29 is 0 Å². The molecule has 0 spiro atoms. The van der Waals surface area contributed by atoms with Crippen molar-refractivity contribution in [1.29, 1.82) is 10.5 Å². The van der Waals surface area contributed by atoms with E-state index < -0.39 is 0 Å². The van der Waals surface area contributed by atoms with Crippen LogP contribution >= 0.6 is 0 Å². The lowest BCUT2D eigenvalue weighted by Gasteiger charge is -2.40. The SMILES string of the molecule is N#Cc1cccc(-n2cc(C3CC[C@H]4CN(c5ncccc5C#N)CCN34)nn2)c1. The average molecular weight is 396 g/mol. The molecule has 2 atom stereocenters. The Bertz CT molecular complexity index is 1150. The molecule has 2 aliphatic heterocycles. The summed E-state index contributed by atoms with van der Waals surface area (Å²) in [6.07, 6.45) is 5.83. The van der Waals surface area contributed by atoms with Crippen molar-refractivity contribution in [2.75, 3.05) is 24.5 Å². The minimum absolute atomic E-state index is 0.240. The Morgan fingerprint density at radius 1 is 1.03 bits per heavy atom. The van der Waals surface area contributed by atoms with Crippen molar-refractivity contribution >= 4 is 5.82 Å². The highest BCUT2D eigenvalue weighted by Gasteiger charge is 2.39. The van der Waals surface area contributed by atoms with Gasteiger partial charge in [0.05, 0.1) is 35.1 Å². The molecule has 2 aliphatic rings. The van der Waals surface area contributed by atoms with Gasteiger partial charge in [0.25, 0.3) is 0 Å². The number of hydrogen-bond donors (Lipinski definition) is 0. The van der Waals surface area contributed by atoms with Crippen LogP contribution in [0.15, 0.2) is 48.8 Å². The van der Waals surface area contributed by atoms with Crippen molar-refractivity contribution in [3.05, 3.63) is 65.6 Å². The van der Waals surface area contributed by atoms with E-state index in [9.17, 15) is 5.26 Å². The summed E-state index contributed by atoms with van der Waals surface area (Å²) in [5, 5.41) is 27.3. The molecule has 4 heterocycles. The summed E-state index contributed by atoms with van der Waals surface area (Å²) in [6.45, 7) is 2.59. The van der Waals surface area contributed by atoms with E-state index in [1.54, 1.807) is 23.0 Å². The Hall–Kier alpha value is -3.75. The number of anilines is 1. The standard InChI is InChI=1S/C22H20N8/c23-12-16-3-1-5-18(11-16)30-15-20(26-27-30)21-7-6-19-14-28(9-10-29(19)21)22-17(13-24)4-2-8-25-22/h1-5,8,11,15,19,21H,6-7,9-10,14H2/t19-,21?/m0/s1. The second-order valence-corrected chi connectivity index (χ2v) is 7.67. The maximum absolute atomic E-state index is 9.39. The molecule has 0 saturated carbocycles. The zero-order valence-corrected chi connectivity index (χ0v) is 16.4. The van der Waals surface area contributed by atoms with Gasteiger partial charge in [-0.15, -0.1) is 5.10 Å². The number of nitrogens with zero attached hydrogens (tertiary/aromatic N) is 8. The molecule has 8 nitrogen and oxygen atoms in total. The van der Waals surface area contributed by atoms with Gasteiger partial charge in [0, 0.05) is 31.9 Å². The summed E-state index contributed by atoms with van der Waals surface area (Å²) in [6, 6.07) is 16.1. The molecule has 30 heavy (non-hydrogen) atoms. The van der Waals surface area contributed by atoms with Crippen molar-refractivity contribution in [3.63, 3.8) is 0 Å². The number of hydrogen-bond acceptors (Lipinski definition) is 7. The van der Waals surface area contributed by atoms with E-state index in [1.165, 1.54) is 0 Å². The zero-order chi connectivity index (χ0) is 20.5. The molecule has 2 aromatic heterocycles. The van der Waals surface area contributed by atoms with Crippen LogP contribution in [0.2, 0.25) is 0 Å². The Kier molecular flexibility index (Phi) is 4.62. The minimum atomic E-state index is 0.240. The van der Waals surface area contributed by atoms with Crippen LogP contribution in [0.1, 0.15) is 35.7 Å². The van der Waals surface area contributed by atoms with Crippen molar-refractivity contribution in [2.45, 2.75) is 24.9 Å². The third-order valence-corrected chi connectivity index (χ3v) is 6.00. The quantitative estimate of drug-likeness (QED) is 0.670. The van der Waals surface area contributed by atoms with E-state index in [2.05, 4.69) is 37.2 Å². The molecule has 0 bridgehead atoms. The molecule has 0 amide bonds. The van der Waals surface area contributed by atoms with Crippen LogP contribution in [0.3, 0.4) is 0 Å². The monoisotopic (exact) mass is 396 g/mol. The molecule has 8 heteroatoms. The van der Waals surface area contributed by atoms with Crippen LogP contribution in [-0.2, 0) is 0 Å². The normalized spacial score (nSPS) is 21.1. The first-order valence-corrected chi connectivity index (χ1v) is 10.1. The molecule has 0 N–H and O–H groups in total. The number of benzene rings is 1. The largest absolute Gasteiger partial charge is 0.353 e. The second-order valence-electron chi connectivity index (χ2n) is 7.67. The van der Waals surface area contributed by atoms with E-state index >= 15 is 0 Å². The first kappa shape index (κ1) is 18.3. The second kappa shape index (κ2) is 7.58. The molecule has 0 aliphatic carbocycles. The Morgan fingerprint density at radius 2 is 1.97 bits per heavy atom. The lowest BCUT2D eigenvalue weighted by atomic mass is 10.1. The topological polar surface area (TPSA) is 97.7 Å². The van der Waals surface area contributed by atoms with Gasteiger partial charge in [-0.05, 0) is 43.2 Å². The number of pyridine rings is 1. The molecular weight excluding hydrogens is 376 g/mol. The third kappa shape index (κ3) is 3.18. The van der Waals surface area contributed by atoms with Gasteiger partial charge in [0.2, 0.25) is 0 Å². The molecule has 1 unspecified atom stereocenters. The Labute approximate surface area is 174 Å². The molecule has 0 radical (unpaired) electrons. The van der Waals surface area contributed by atoms with Gasteiger partial charge in [0.15, 0.2) is 0 Å². The summed E-state index contributed by atoms with van der Waals surface area (Å²) in [5.74, 6) is 0.784. The van der Waals surface area contributed by atoms with Gasteiger partial charge < -0.3 is 4.90 Å². The predicted molar refractivity (Wildman–Crippen MR) is 110 cm³/mol. The van der Waals surface area contributed by atoms with E-state index in [-0.39, 0.29) is 6.04 Å². The number of piperazine rings is 1. The fraction of sp³-hybridized carbons (Fsp3) is 0.318. The fourth-order valence-corrected chi connectivity index (χ4v) is 4.57. The highest BCUT2D eigenvalue weighted by molar-refractivity contribution is 5.54. The van der Waals surface area contributed by atoms with Crippen LogP contribution in [0.4, 0.5) is 5.82 Å². The van der Waals surface area contributed by atoms with Gasteiger partial charge >= 0.3 is 0 Å². The number of fused-ring (bicyclic) bond motifs is 1. The summed E-state index contributed by atoms with van der Waals surface area (Å²) in [4.78, 5) is 9.19. The lowest BCUT2D eigenvalue weighted by molar-refractivity contribution is 0.173. The molecular formula is C22H20N8. The highest BCUT2D eigenvalue weighted by atomic mass is 15.4. The van der Waals surface area contributed by atoms with E-state index in [4.69, 9.17) is 5.26 Å². The van der Waals surface area contributed by atoms with Gasteiger partial charge in [-0.25, -0.2) is 9.67 Å². The number of rotatable bonds is 3. The third-order valence-electron chi connectivity index (χ3n) is 6.00. The van der Waals surface area contributed by atoms with E-state index in [1.807, 2.05) is 30.5 Å². The fourth-order valence-electron chi connectivity index (χ4n) is 4.57. The summed E-state index contributed by atoms with van der Waals surface area (Å²) in [5.41, 5.74) is 3.03. The van der Waals surface area contributed by atoms with Crippen LogP contribution in [0.5, 0.6) is 0 Å². The molecule has 1 aromatic carbocycles. The van der Waals surface area contributed by atoms with E-state index in [0.29, 0.717) is 17.2 Å². The van der Waals surface area contributed by atoms with Crippen molar-refractivity contribution in [1.82, 2.24) is 24.9 Å². The number of aromatic nitrogens is 4. The van der Waals surface area contributed by atoms with Crippen LogP contribution in [-0.4, -0.2) is 50.6 Å². The molecule has 148 valence electrons. The van der Waals surface area contributed by atoms with Crippen LogP contribution in [0.25, 0.3) is 5.69 Å². The van der Waals surface area contributed by atoms with Gasteiger partial charge in [-0.3, -0.25) is 4.90 Å². The smallest absolute Gasteiger partial charge is 0.146 e. The zero-order valence-electron chi connectivity index (χ0n) is 16.4. The molecule has 2 saturated heterocycles. The lowest BCUT2D eigenvalue weighted by Crippen LogP contribution is -2.51. The summed E-state index contributed by atoms with van der Waals surface area (Å²) >= 11 is 0. The number of nitriles is 2.